The largest absolute Gasteiger partial charge is 0.480 e. The van der Waals surface area contributed by atoms with Gasteiger partial charge in [-0.25, -0.2) is 9.59 Å². The van der Waals surface area contributed by atoms with Crippen LogP contribution in [0.15, 0.2) is 24.3 Å². The Morgan fingerprint density at radius 1 is 1.33 bits per heavy atom. The third-order valence-corrected chi connectivity index (χ3v) is 3.93. The molecule has 1 saturated heterocycles. The summed E-state index contributed by atoms with van der Waals surface area (Å²) in [6.07, 6.45) is 0.870. The van der Waals surface area contributed by atoms with E-state index in [-0.39, 0.29) is 6.54 Å². The van der Waals surface area contributed by atoms with Crippen molar-refractivity contribution in [2.45, 2.75) is 12.5 Å². The highest BCUT2D eigenvalue weighted by Gasteiger charge is 2.41. The summed E-state index contributed by atoms with van der Waals surface area (Å²) in [5, 5.41) is 13.6. The number of nitrogens with zero attached hydrogens (tertiary/aromatic N) is 1. The van der Waals surface area contributed by atoms with Gasteiger partial charge in [0, 0.05) is 18.8 Å². The summed E-state index contributed by atoms with van der Waals surface area (Å²) in [7, 11) is 0. The zero-order valence-corrected chi connectivity index (χ0v) is 11.2. The van der Waals surface area contributed by atoms with E-state index in [0.717, 1.165) is 18.7 Å². The summed E-state index contributed by atoms with van der Waals surface area (Å²) in [5.41, 5.74) is 2.20. The fourth-order valence-electron chi connectivity index (χ4n) is 2.89. The first-order valence-electron chi connectivity index (χ1n) is 6.73. The molecule has 2 aliphatic rings. The van der Waals surface area contributed by atoms with E-state index >= 15 is 0 Å². The Hall–Kier alpha value is -2.57. The second kappa shape index (κ2) is 5.08. The maximum atomic E-state index is 12.0. The number of imide groups is 1. The van der Waals surface area contributed by atoms with Crippen molar-refractivity contribution in [3.8, 4) is 0 Å². The van der Waals surface area contributed by atoms with Gasteiger partial charge in [0.1, 0.15) is 6.04 Å². The lowest BCUT2D eigenvalue weighted by Gasteiger charge is -2.32. The van der Waals surface area contributed by atoms with Crippen LogP contribution in [0.25, 0.3) is 0 Å². The van der Waals surface area contributed by atoms with Gasteiger partial charge in [-0.15, -0.1) is 0 Å². The maximum Gasteiger partial charge on any atom is 0.327 e. The monoisotopic (exact) mass is 289 g/mol. The van der Waals surface area contributed by atoms with Crippen molar-refractivity contribution >= 4 is 23.6 Å². The van der Waals surface area contributed by atoms with Gasteiger partial charge in [-0.2, -0.15) is 0 Å². The van der Waals surface area contributed by atoms with Gasteiger partial charge in [0.15, 0.2) is 0 Å². The van der Waals surface area contributed by atoms with E-state index in [4.69, 9.17) is 0 Å². The Morgan fingerprint density at radius 3 is 2.86 bits per heavy atom. The molecule has 1 aromatic rings. The molecule has 0 bridgehead atoms. The van der Waals surface area contributed by atoms with Crippen LogP contribution in [0.3, 0.4) is 0 Å². The summed E-state index contributed by atoms with van der Waals surface area (Å²) in [4.78, 5) is 36.5. The standard InChI is InChI=1S/C14H15N3O4/c18-12-9(11(13(19)20)15-14(21)16-12)7-17-6-5-8-3-1-2-4-10(8)17/h1-4,9,11H,5-7H2,(H,19,20)(H2,15,16,18,21). The van der Waals surface area contributed by atoms with E-state index in [2.05, 4.69) is 10.6 Å². The summed E-state index contributed by atoms with van der Waals surface area (Å²) in [6, 6.07) is 5.89. The molecule has 2 atom stereocenters. The van der Waals surface area contributed by atoms with Crippen LogP contribution in [0.5, 0.6) is 0 Å². The number of rotatable bonds is 3. The van der Waals surface area contributed by atoms with Gasteiger partial charge in [0.05, 0.1) is 5.92 Å². The molecule has 2 heterocycles. The molecule has 0 radical (unpaired) electrons. The molecule has 3 N–H and O–H groups in total. The number of fused-ring (bicyclic) bond motifs is 1. The van der Waals surface area contributed by atoms with Gasteiger partial charge < -0.3 is 15.3 Å². The van der Waals surface area contributed by atoms with Gasteiger partial charge in [-0.3, -0.25) is 10.1 Å². The van der Waals surface area contributed by atoms with Crippen LogP contribution in [-0.2, 0) is 16.0 Å². The molecule has 3 rings (SSSR count). The van der Waals surface area contributed by atoms with Crippen LogP contribution in [0.1, 0.15) is 5.56 Å². The molecule has 3 amide bonds. The number of carboxylic acids is 1. The third kappa shape index (κ3) is 2.42. The highest BCUT2D eigenvalue weighted by molar-refractivity contribution is 6.02. The maximum absolute atomic E-state index is 12.0. The van der Waals surface area contributed by atoms with Crippen molar-refractivity contribution in [1.29, 1.82) is 0 Å². The Morgan fingerprint density at radius 2 is 2.10 bits per heavy atom. The quantitative estimate of drug-likeness (QED) is 0.725. The molecule has 0 aliphatic carbocycles. The second-order valence-corrected chi connectivity index (χ2v) is 5.21. The number of carbonyl (C=O) groups excluding carboxylic acids is 2. The molecule has 0 aromatic heterocycles. The predicted octanol–water partition coefficient (Wildman–Crippen LogP) is -0.0421. The molecule has 7 nitrogen and oxygen atoms in total. The zero-order valence-electron chi connectivity index (χ0n) is 11.2. The minimum Gasteiger partial charge on any atom is -0.480 e. The van der Waals surface area contributed by atoms with E-state index in [0.29, 0.717) is 0 Å². The molecule has 21 heavy (non-hydrogen) atoms. The van der Waals surface area contributed by atoms with E-state index in [1.54, 1.807) is 0 Å². The normalized spacial score (nSPS) is 24.3. The molecule has 0 saturated carbocycles. The zero-order chi connectivity index (χ0) is 15.0. The molecule has 2 unspecified atom stereocenters. The lowest BCUT2D eigenvalue weighted by Crippen LogP contribution is -2.63. The third-order valence-electron chi connectivity index (χ3n) is 3.93. The lowest BCUT2D eigenvalue weighted by molar-refractivity contribution is -0.144. The molecule has 0 spiro atoms. The topological polar surface area (TPSA) is 98.7 Å². The SMILES string of the molecule is O=C1NC(=O)C(CN2CCc3ccccc32)C(C(=O)O)N1. The van der Waals surface area contributed by atoms with Gasteiger partial charge in [0.2, 0.25) is 5.91 Å². The average Bonchev–Trinajstić information content (AvgIpc) is 2.84. The second-order valence-electron chi connectivity index (χ2n) is 5.21. The van der Waals surface area contributed by atoms with Crippen LogP contribution in [0, 0.1) is 5.92 Å². The Kier molecular flexibility index (Phi) is 3.25. The van der Waals surface area contributed by atoms with Crippen LogP contribution < -0.4 is 15.5 Å². The van der Waals surface area contributed by atoms with E-state index in [1.165, 1.54) is 5.56 Å². The van der Waals surface area contributed by atoms with Gasteiger partial charge in [0.25, 0.3) is 0 Å². The molecule has 1 aromatic carbocycles. The van der Waals surface area contributed by atoms with Crippen LogP contribution in [0.2, 0.25) is 0 Å². The minimum absolute atomic E-state index is 0.264. The fourth-order valence-corrected chi connectivity index (χ4v) is 2.89. The number of urea groups is 1. The van der Waals surface area contributed by atoms with Crippen molar-refractivity contribution in [3.05, 3.63) is 29.8 Å². The van der Waals surface area contributed by atoms with Crippen molar-refractivity contribution in [2.24, 2.45) is 5.92 Å². The molecule has 110 valence electrons. The van der Waals surface area contributed by atoms with Crippen molar-refractivity contribution in [1.82, 2.24) is 10.6 Å². The fraction of sp³-hybridized carbons (Fsp3) is 0.357. The first-order chi connectivity index (χ1) is 10.1. The molecule has 7 heteroatoms. The first-order valence-corrected chi connectivity index (χ1v) is 6.73. The minimum atomic E-state index is -1.20. The summed E-state index contributed by atoms with van der Waals surface area (Å²) in [6.45, 7) is 1.00. The smallest absolute Gasteiger partial charge is 0.327 e. The van der Waals surface area contributed by atoms with Gasteiger partial charge in [-0.1, -0.05) is 18.2 Å². The van der Waals surface area contributed by atoms with Gasteiger partial charge in [-0.05, 0) is 18.1 Å². The lowest BCUT2D eigenvalue weighted by atomic mass is 9.96. The number of aliphatic carboxylic acids is 1. The molecular formula is C14H15N3O4. The van der Waals surface area contributed by atoms with Crippen LogP contribution >= 0.6 is 0 Å². The molecular weight excluding hydrogens is 274 g/mol. The van der Waals surface area contributed by atoms with Crippen LogP contribution in [0.4, 0.5) is 10.5 Å². The molecule has 1 fully saturated rings. The van der Waals surface area contributed by atoms with Crippen molar-refractivity contribution in [2.75, 3.05) is 18.0 Å². The van der Waals surface area contributed by atoms with E-state index in [1.807, 2.05) is 29.2 Å². The highest BCUT2D eigenvalue weighted by atomic mass is 16.4. The number of hydrogen-bond donors (Lipinski definition) is 3. The first kappa shape index (κ1) is 13.4. The number of benzene rings is 1. The number of hydrogen-bond acceptors (Lipinski definition) is 4. The van der Waals surface area contributed by atoms with Crippen molar-refractivity contribution in [3.63, 3.8) is 0 Å². The summed E-state index contributed by atoms with van der Waals surface area (Å²) in [5.74, 6) is -2.56. The van der Waals surface area contributed by atoms with Crippen molar-refractivity contribution < 1.29 is 19.5 Å². The Balaban J connectivity index is 1.81. The van der Waals surface area contributed by atoms with E-state index < -0.39 is 29.9 Å². The number of nitrogens with one attached hydrogen (secondary N) is 2. The van der Waals surface area contributed by atoms with Gasteiger partial charge >= 0.3 is 12.0 Å². The Labute approximate surface area is 120 Å². The Bertz CT molecular complexity index is 616. The predicted molar refractivity (Wildman–Crippen MR) is 73.9 cm³/mol. The molecule has 2 aliphatic heterocycles. The summed E-state index contributed by atoms with van der Waals surface area (Å²) < 4.78 is 0. The van der Waals surface area contributed by atoms with E-state index in [9.17, 15) is 19.5 Å². The number of para-hydroxylation sites is 1. The van der Waals surface area contributed by atoms with Crippen LogP contribution in [-0.4, -0.2) is 42.1 Å². The average molecular weight is 289 g/mol. The number of anilines is 1. The highest BCUT2D eigenvalue weighted by Crippen LogP contribution is 2.28. The number of carboxylic acid groups (broad SMARTS) is 1. The number of amides is 3. The number of carbonyl (C=O) groups is 3. The summed E-state index contributed by atoms with van der Waals surface area (Å²) >= 11 is 0.